The highest BCUT2D eigenvalue weighted by molar-refractivity contribution is 7.99. The van der Waals surface area contributed by atoms with Crippen LogP contribution in [0.4, 0.5) is 0 Å². The number of rotatable bonds is 17. The number of fused-ring (bicyclic) bond motifs is 1. The molecule has 31 heavy (non-hydrogen) atoms. The first-order valence-electron chi connectivity index (χ1n) is 12.4. The number of aromatic nitrogens is 4. The lowest BCUT2D eigenvalue weighted by molar-refractivity contribution is 0.544. The van der Waals surface area contributed by atoms with Gasteiger partial charge in [-0.1, -0.05) is 103 Å². The molecule has 0 saturated carbocycles. The molecule has 2 aromatic heterocycles. The minimum Gasteiger partial charge on any atom is -0.313 e. The second-order valence-corrected chi connectivity index (χ2v) is 9.69. The second-order valence-electron chi connectivity index (χ2n) is 8.63. The number of H-pyrrole nitrogens is 1. The maximum Gasteiger partial charge on any atom is 0.329 e. The fraction of sp³-hybridized carbons (Fsp3) is 0.792. The van der Waals surface area contributed by atoms with E-state index >= 15 is 0 Å². The van der Waals surface area contributed by atoms with E-state index in [2.05, 4.69) is 18.8 Å². The third-order valence-corrected chi connectivity index (χ3v) is 7.00. The van der Waals surface area contributed by atoms with Gasteiger partial charge in [-0.25, -0.2) is 9.78 Å². The molecule has 0 aliphatic rings. The third kappa shape index (κ3) is 8.17. The molecule has 0 radical (unpaired) electrons. The molecule has 0 spiro atoms. The number of hydrogen-bond donors (Lipinski definition) is 1. The predicted octanol–water partition coefficient (Wildman–Crippen LogP) is 6.02. The topological polar surface area (TPSA) is 72.7 Å². The summed E-state index contributed by atoms with van der Waals surface area (Å²) in [6.45, 7) is 5.26. The minimum atomic E-state index is -0.402. The summed E-state index contributed by atoms with van der Waals surface area (Å²) in [4.78, 5) is 31.7. The predicted molar refractivity (Wildman–Crippen MR) is 132 cm³/mol. The van der Waals surface area contributed by atoms with E-state index in [4.69, 9.17) is 4.98 Å². The number of unbranched alkanes of at least 4 members (excludes halogenated alkanes) is 12. The molecule has 2 heterocycles. The third-order valence-electron chi connectivity index (χ3n) is 5.94. The molecule has 0 aromatic carbocycles. The lowest BCUT2D eigenvalue weighted by Crippen LogP contribution is -2.29. The van der Waals surface area contributed by atoms with E-state index in [0.29, 0.717) is 11.2 Å². The molecule has 7 heteroatoms. The van der Waals surface area contributed by atoms with E-state index in [1.165, 1.54) is 75.2 Å². The van der Waals surface area contributed by atoms with Crippen molar-refractivity contribution in [2.45, 2.75) is 115 Å². The van der Waals surface area contributed by atoms with E-state index in [1.807, 2.05) is 4.57 Å². The van der Waals surface area contributed by atoms with Crippen molar-refractivity contribution < 1.29 is 0 Å². The van der Waals surface area contributed by atoms with Crippen LogP contribution in [0.25, 0.3) is 11.2 Å². The summed E-state index contributed by atoms with van der Waals surface area (Å²) >= 11 is 1.72. The van der Waals surface area contributed by atoms with Gasteiger partial charge in [0, 0.05) is 19.3 Å². The standard InChI is InChI=1S/C24H42N4O2S/c1-4-6-8-10-12-13-15-17-19-31-24-25-21-20(22(29)26-23(30)27(21)3)28(24)18-16-14-11-9-7-5-2/h4-19H2,1-3H3,(H,26,29,30). The Morgan fingerprint density at radius 1 is 0.806 bits per heavy atom. The van der Waals surface area contributed by atoms with Crippen LogP contribution in [0.5, 0.6) is 0 Å². The van der Waals surface area contributed by atoms with Crippen molar-refractivity contribution in [3.05, 3.63) is 20.8 Å². The van der Waals surface area contributed by atoms with Gasteiger partial charge in [-0.05, 0) is 12.8 Å². The maximum atomic E-state index is 12.5. The molecule has 6 nitrogen and oxygen atoms in total. The lowest BCUT2D eigenvalue weighted by Gasteiger charge is -2.09. The molecule has 0 aliphatic heterocycles. The van der Waals surface area contributed by atoms with Gasteiger partial charge in [0.2, 0.25) is 0 Å². The molecule has 176 valence electrons. The van der Waals surface area contributed by atoms with Gasteiger partial charge in [-0.15, -0.1) is 0 Å². The molecule has 0 fully saturated rings. The summed E-state index contributed by atoms with van der Waals surface area (Å²) in [5, 5.41) is 0.873. The molecular formula is C24H42N4O2S. The van der Waals surface area contributed by atoms with E-state index < -0.39 is 5.69 Å². The van der Waals surface area contributed by atoms with Crippen LogP contribution in [0.1, 0.15) is 104 Å². The zero-order chi connectivity index (χ0) is 22.5. The van der Waals surface area contributed by atoms with Crippen LogP contribution in [0, 0.1) is 0 Å². The normalized spacial score (nSPS) is 11.6. The Kier molecular flexibility index (Phi) is 12.1. The average molecular weight is 451 g/mol. The zero-order valence-electron chi connectivity index (χ0n) is 19.9. The number of nitrogens with one attached hydrogen (secondary N) is 1. The quantitative estimate of drug-likeness (QED) is 0.236. The van der Waals surface area contributed by atoms with Gasteiger partial charge in [0.05, 0.1) is 0 Å². The minimum absolute atomic E-state index is 0.324. The SMILES string of the molecule is CCCCCCCCCCSc1nc2c(c(=O)[nH]c(=O)n2C)n1CCCCCCCC. The highest BCUT2D eigenvalue weighted by atomic mass is 32.2. The van der Waals surface area contributed by atoms with Crippen LogP contribution >= 0.6 is 11.8 Å². The van der Waals surface area contributed by atoms with Gasteiger partial charge in [-0.3, -0.25) is 14.3 Å². The number of aromatic amines is 1. The van der Waals surface area contributed by atoms with Crippen molar-refractivity contribution >= 4 is 22.9 Å². The van der Waals surface area contributed by atoms with Gasteiger partial charge < -0.3 is 4.57 Å². The van der Waals surface area contributed by atoms with E-state index in [-0.39, 0.29) is 5.56 Å². The highest BCUT2D eigenvalue weighted by Crippen LogP contribution is 2.24. The smallest absolute Gasteiger partial charge is 0.313 e. The van der Waals surface area contributed by atoms with E-state index in [9.17, 15) is 9.59 Å². The molecule has 0 bridgehead atoms. The van der Waals surface area contributed by atoms with Crippen LogP contribution in [0.2, 0.25) is 0 Å². The Labute approximate surface area is 191 Å². The first-order valence-corrected chi connectivity index (χ1v) is 13.4. The van der Waals surface area contributed by atoms with Crippen molar-refractivity contribution in [2.24, 2.45) is 7.05 Å². The largest absolute Gasteiger partial charge is 0.329 e. The fourth-order valence-corrected chi connectivity index (χ4v) is 5.00. The first-order chi connectivity index (χ1) is 15.1. The molecule has 2 aromatic rings. The summed E-state index contributed by atoms with van der Waals surface area (Å²) in [5.74, 6) is 1.00. The zero-order valence-corrected chi connectivity index (χ0v) is 20.7. The van der Waals surface area contributed by atoms with Gasteiger partial charge in [0.25, 0.3) is 5.56 Å². The van der Waals surface area contributed by atoms with Gasteiger partial charge >= 0.3 is 5.69 Å². The summed E-state index contributed by atoms with van der Waals surface area (Å²) in [6.07, 6.45) is 17.6. The Bertz CT molecular complexity index is 884. The number of imidazole rings is 1. The van der Waals surface area contributed by atoms with E-state index in [0.717, 1.165) is 36.7 Å². The van der Waals surface area contributed by atoms with Crippen LogP contribution in [-0.2, 0) is 13.6 Å². The molecule has 0 unspecified atom stereocenters. The van der Waals surface area contributed by atoms with Crippen LogP contribution in [0.3, 0.4) is 0 Å². The maximum absolute atomic E-state index is 12.5. The van der Waals surface area contributed by atoms with Crippen LogP contribution in [-0.4, -0.2) is 24.9 Å². The molecule has 1 N–H and O–H groups in total. The Balaban J connectivity index is 1.96. The number of hydrogen-bond acceptors (Lipinski definition) is 4. The number of aryl methyl sites for hydroxylation is 2. The second kappa shape index (κ2) is 14.5. The first kappa shape index (κ1) is 25.8. The van der Waals surface area contributed by atoms with Crippen LogP contribution < -0.4 is 11.2 Å². The molecular weight excluding hydrogens is 408 g/mol. The number of nitrogens with zero attached hydrogens (tertiary/aromatic N) is 3. The summed E-state index contributed by atoms with van der Waals surface area (Å²) in [5.41, 5.74) is 0.309. The molecule has 0 aliphatic carbocycles. The summed E-state index contributed by atoms with van der Waals surface area (Å²) in [7, 11) is 1.68. The monoisotopic (exact) mass is 450 g/mol. The molecule has 0 atom stereocenters. The van der Waals surface area contributed by atoms with Crippen molar-refractivity contribution in [2.75, 3.05) is 5.75 Å². The Morgan fingerprint density at radius 2 is 1.35 bits per heavy atom. The van der Waals surface area contributed by atoms with Crippen molar-refractivity contribution in [1.29, 1.82) is 0 Å². The Hall–Kier alpha value is -1.50. The van der Waals surface area contributed by atoms with Crippen molar-refractivity contribution in [3.63, 3.8) is 0 Å². The summed E-state index contributed by atoms with van der Waals surface area (Å²) < 4.78 is 3.50. The van der Waals surface area contributed by atoms with Crippen molar-refractivity contribution in [3.8, 4) is 0 Å². The number of thioether (sulfide) groups is 1. The molecule has 2 rings (SSSR count). The highest BCUT2D eigenvalue weighted by Gasteiger charge is 2.17. The van der Waals surface area contributed by atoms with Crippen LogP contribution in [0.15, 0.2) is 14.7 Å². The lowest BCUT2D eigenvalue weighted by atomic mass is 10.1. The Morgan fingerprint density at radius 3 is 1.97 bits per heavy atom. The van der Waals surface area contributed by atoms with Crippen molar-refractivity contribution in [1.82, 2.24) is 19.1 Å². The van der Waals surface area contributed by atoms with Gasteiger partial charge in [0.15, 0.2) is 16.3 Å². The summed E-state index contributed by atoms with van der Waals surface area (Å²) in [6, 6.07) is 0. The van der Waals surface area contributed by atoms with Gasteiger partial charge in [0.1, 0.15) is 0 Å². The average Bonchev–Trinajstić information content (AvgIpc) is 3.12. The van der Waals surface area contributed by atoms with E-state index in [1.54, 1.807) is 18.8 Å². The fourth-order valence-electron chi connectivity index (χ4n) is 3.98. The molecule has 0 amide bonds. The molecule has 0 saturated heterocycles. The van der Waals surface area contributed by atoms with Gasteiger partial charge in [-0.2, -0.15) is 0 Å².